The summed E-state index contributed by atoms with van der Waals surface area (Å²) in [6.45, 7) is 8.88. The Hall–Kier alpha value is -3.34. The molecule has 1 amide bonds. The molecule has 5 heteroatoms. The predicted octanol–water partition coefficient (Wildman–Crippen LogP) is 6.85. The Morgan fingerprint density at radius 3 is 1.97 bits per heavy atom. The van der Waals surface area contributed by atoms with Crippen molar-refractivity contribution >= 4 is 6.09 Å². The molecule has 1 aliphatic heterocycles. The largest absolute Gasteiger partial charge is 0.446 e. The number of carbonyl (C=O) groups is 1. The fourth-order valence-electron chi connectivity index (χ4n) is 4.21. The topological polar surface area (TPSA) is 51.5 Å². The summed E-state index contributed by atoms with van der Waals surface area (Å²) in [6.07, 6.45) is 4.32. The molecule has 2 atom stereocenters. The van der Waals surface area contributed by atoms with Gasteiger partial charge in [0.15, 0.2) is 0 Å². The Kier molecular flexibility index (Phi) is 9.08. The average molecular weight is 461 g/mol. The van der Waals surface area contributed by atoms with Gasteiger partial charge in [-0.3, -0.25) is 4.79 Å². The summed E-state index contributed by atoms with van der Waals surface area (Å²) in [5, 5.41) is 0. The van der Waals surface area contributed by atoms with Crippen LogP contribution in [0.25, 0.3) is 11.1 Å². The van der Waals surface area contributed by atoms with Gasteiger partial charge in [0, 0.05) is 31.3 Å². The van der Waals surface area contributed by atoms with E-state index in [1.54, 1.807) is 10.6 Å². The highest BCUT2D eigenvalue weighted by atomic mass is 16.6. The van der Waals surface area contributed by atoms with Crippen molar-refractivity contribution in [2.24, 2.45) is 0 Å². The lowest BCUT2D eigenvalue weighted by atomic mass is 9.98. The highest BCUT2D eigenvalue weighted by molar-refractivity contribution is 5.69. The van der Waals surface area contributed by atoms with Gasteiger partial charge >= 0.3 is 6.09 Å². The predicted molar refractivity (Wildman–Crippen MR) is 138 cm³/mol. The second kappa shape index (κ2) is 12.2. The van der Waals surface area contributed by atoms with E-state index in [-0.39, 0.29) is 29.8 Å². The van der Waals surface area contributed by atoms with Crippen LogP contribution in [0.4, 0.5) is 4.79 Å². The molecular weight excluding hydrogens is 424 g/mol. The maximum Gasteiger partial charge on any atom is 0.410 e. The number of ether oxygens (including phenoxy) is 1. The molecule has 1 unspecified atom stereocenters. The van der Waals surface area contributed by atoms with Gasteiger partial charge in [-0.15, -0.1) is 0 Å². The molecule has 1 saturated heterocycles. The van der Waals surface area contributed by atoms with Gasteiger partial charge in [0.05, 0.1) is 6.04 Å². The third-order valence-electron chi connectivity index (χ3n) is 6.20. The van der Waals surface area contributed by atoms with Crippen LogP contribution < -0.4 is 5.56 Å². The Morgan fingerprint density at radius 2 is 1.47 bits per heavy atom. The first-order valence-corrected chi connectivity index (χ1v) is 12.2. The number of benzene rings is 2. The monoisotopic (exact) mass is 460 g/mol. The van der Waals surface area contributed by atoms with Crippen molar-refractivity contribution < 1.29 is 9.53 Å². The fourth-order valence-corrected chi connectivity index (χ4v) is 4.21. The highest BCUT2D eigenvalue weighted by Crippen LogP contribution is 2.30. The van der Waals surface area contributed by atoms with Crippen LogP contribution >= 0.6 is 0 Å². The van der Waals surface area contributed by atoms with Gasteiger partial charge in [-0.05, 0) is 49.4 Å². The van der Waals surface area contributed by atoms with Crippen LogP contribution in [0.3, 0.4) is 0 Å². The molecule has 0 spiro atoms. The number of hydrogen-bond donors (Lipinski definition) is 0. The molecule has 180 valence electrons. The molecule has 0 bridgehead atoms. The highest BCUT2D eigenvalue weighted by Gasteiger charge is 2.31. The maximum absolute atomic E-state index is 12.4. The van der Waals surface area contributed by atoms with Gasteiger partial charge in [0.1, 0.15) is 6.10 Å². The zero-order valence-corrected chi connectivity index (χ0v) is 20.7. The molecule has 2 heterocycles. The van der Waals surface area contributed by atoms with Gasteiger partial charge in [-0.25, -0.2) is 4.79 Å². The van der Waals surface area contributed by atoms with Crippen molar-refractivity contribution in [2.75, 3.05) is 6.54 Å². The smallest absolute Gasteiger partial charge is 0.410 e. The van der Waals surface area contributed by atoms with E-state index in [1.165, 1.54) is 0 Å². The summed E-state index contributed by atoms with van der Waals surface area (Å²) in [4.78, 5) is 26.3. The summed E-state index contributed by atoms with van der Waals surface area (Å²) in [6, 6.07) is 23.9. The number of hydrogen-bond acceptors (Lipinski definition) is 3. The zero-order valence-electron chi connectivity index (χ0n) is 20.7. The molecule has 0 saturated carbocycles. The number of aromatic nitrogens is 1. The van der Waals surface area contributed by atoms with Gasteiger partial charge in [0.2, 0.25) is 0 Å². The van der Waals surface area contributed by atoms with Crippen LogP contribution in [0.2, 0.25) is 0 Å². The summed E-state index contributed by atoms with van der Waals surface area (Å²) < 4.78 is 7.29. The second-order valence-corrected chi connectivity index (χ2v) is 8.85. The number of carbonyl (C=O) groups excluding carboxylic acids is 1. The van der Waals surface area contributed by atoms with Crippen molar-refractivity contribution in [1.82, 2.24) is 9.47 Å². The lowest BCUT2D eigenvalue weighted by Crippen LogP contribution is -2.43. The van der Waals surface area contributed by atoms with E-state index in [9.17, 15) is 9.59 Å². The van der Waals surface area contributed by atoms with Gasteiger partial charge in [-0.2, -0.15) is 0 Å². The van der Waals surface area contributed by atoms with E-state index < -0.39 is 0 Å². The molecule has 1 aromatic heterocycles. The van der Waals surface area contributed by atoms with Crippen molar-refractivity contribution in [2.45, 2.75) is 65.1 Å². The van der Waals surface area contributed by atoms with Gasteiger partial charge < -0.3 is 14.2 Å². The molecule has 4 rings (SSSR count). The first-order chi connectivity index (χ1) is 16.4. The fraction of sp³-hybridized carbons (Fsp3) is 0.379. The average Bonchev–Trinajstić information content (AvgIpc) is 2.87. The molecule has 0 aliphatic carbocycles. The molecule has 3 aromatic rings. The lowest BCUT2D eigenvalue weighted by molar-refractivity contribution is 0.00884. The van der Waals surface area contributed by atoms with Crippen molar-refractivity contribution in [1.29, 1.82) is 0 Å². The van der Waals surface area contributed by atoms with Crippen molar-refractivity contribution in [3.8, 4) is 11.1 Å². The number of cyclic esters (lactones) is 1. The Balaban J connectivity index is 0.000000469. The first-order valence-electron chi connectivity index (χ1n) is 12.2. The van der Waals surface area contributed by atoms with Crippen LogP contribution in [-0.2, 0) is 4.74 Å². The third-order valence-corrected chi connectivity index (χ3v) is 6.20. The minimum absolute atomic E-state index is 0.00964. The summed E-state index contributed by atoms with van der Waals surface area (Å²) in [7, 11) is 0. The number of rotatable bonds is 6. The molecule has 0 N–H and O–H groups in total. The Bertz CT molecular complexity index is 1060. The minimum atomic E-state index is -0.210. The normalized spacial score (nSPS) is 16.4. The third kappa shape index (κ3) is 6.37. The van der Waals surface area contributed by atoms with Crippen LogP contribution in [0.5, 0.6) is 0 Å². The van der Waals surface area contributed by atoms with E-state index >= 15 is 0 Å². The van der Waals surface area contributed by atoms with Gasteiger partial charge in [0.25, 0.3) is 5.56 Å². The Morgan fingerprint density at radius 1 is 0.882 bits per heavy atom. The quantitative estimate of drug-likeness (QED) is 0.404. The number of pyridine rings is 1. The standard InChI is InChI=1S/C23H30N2O3.C6H6/c1-5-20-13-14-24(23(27)28-20)21(6-2)18-9-7-17(8-10-18)19-11-12-22(26)25(15-19)16(3)4;1-2-4-6-5-3-1/h7-12,15-16,20-21H,5-6,13-14H2,1-4H3;1-6H/t20?,21-;/m0./s1. The van der Waals surface area contributed by atoms with Crippen LogP contribution in [0, 0.1) is 0 Å². The molecule has 1 aliphatic rings. The lowest BCUT2D eigenvalue weighted by Gasteiger charge is -2.36. The van der Waals surface area contributed by atoms with Crippen molar-refractivity contribution in [3.63, 3.8) is 0 Å². The van der Waals surface area contributed by atoms with Crippen LogP contribution in [0.15, 0.2) is 83.8 Å². The van der Waals surface area contributed by atoms with E-state index in [0.29, 0.717) is 0 Å². The second-order valence-electron chi connectivity index (χ2n) is 8.85. The SMILES string of the molecule is CCC1CCN([C@@H](CC)c2ccc(-c3ccc(=O)n(C(C)C)c3)cc2)C(=O)O1.c1ccccc1. The van der Waals surface area contributed by atoms with E-state index in [0.717, 1.165) is 42.5 Å². The zero-order chi connectivity index (χ0) is 24.5. The Labute approximate surface area is 203 Å². The van der Waals surface area contributed by atoms with Crippen LogP contribution in [-0.4, -0.2) is 28.2 Å². The van der Waals surface area contributed by atoms with Gasteiger partial charge in [-0.1, -0.05) is 74.5 Å². The number of nitrogens with zero attached hydrogens (tertiary/aromatic N) is 2. The van der Waals surface area contributed by atoms with E-state index in [4.69, 9.17) is 4.74 Å². The maximum atomic E-state index is 12.4. The number of amides is 1. The van der Waals surface area contributed by atoms with E-state index in [1.807, 2.05) is 74.3 Å². The molecule has 2 aromatic carbocycles. The molecule has 34 heavy (non-hydrogen) atoms. The first kappa shape index (κ1) is 25.3. The minimum Gasteiger partial charge on any atom is -0.446 e. The molecule has 5 nitrogen and oxygen atoms in total. The summed E-state index contributed by atoms with van der Waals surface area (Å²) >= 11 is 0. The molecule has 1 fully saturated rings. The summed E-state index contributed by atoms with van der Waals surface area (Å²) in [5.74, 6) is 0. The van der Waals surface area contributed by atoms with Crippen molar-refractivity contribution in [3.05, 3.63) is 94.9 Å². The molecule has 0 radical (unpaired) electrons. The summed E-state index contributed by atoms with van der Waals surface area (Å²) in [5.41, 5.74) is 3.18. The van der Waals surface area contributed by atoms with Crippen LogP contribution in [0.1, 0.15) is 64.6 Å². The van der Waals surface area contributed by atoms with E-state index in [2.05, 4.69) is 31.2 Å². The molecular formula is C29H36N2O3.